The molecule has 0 radical (unpaired) electrons. The number of piperazine rings is 1. The van der Waals surface area contributed by atoms with Crippen LogP contribution in [-0.4, -0.2) is 73.0 Å². The molecule has 1 aromatic carbocycles. The molecule has 6 nitrogen and oxygen atoms in total. The first kappa shape index (κ1) is 19.6. The molecule has 0 spiro atoms. The van der Waals surface area contributed by atoms with Crippen LogP contribution in [0.3, 0.4) is 0 Å². The fraction of sp³-hybridized carbons (Fsp3) is 0.600. The first-order chi connectivity index (χ1) is 13.0. The van der Waals surface area contributed by atoms with Crippen molar-refractivity contribution in [3.8, 4) is 0 Å². The van der Waals surface area contributed by atoms with E-state index in [1.54, 1.807) is 21.9 Å². The Bertz CT molecular complexity index is 652. The zero-order valence-corrected chi connectivity index (χ0v) is 16.0. The summed E-state index contributed by atoms with van der Waals surface area (Å²) in [5.74, 6) is 0.277. The van der Waals surface area contributed by atoms with Crippen molar-refractivity contribution in [2.75, 3.05) is 46.3 Å². The van der Waals surface area contributed by atoms with E-state index in [-0.39, 0.29) is 24.3 Å². The van der Waals surface area contributed by atoms with Crippen LogP contribution in [0, 0.1) is 11.7 Å². The number of carbonyl (C=O) groups excluding carboxylic acids is 2. The summed E-state index contributed by atoms with van der Waals surface area (Å²) in [6.07, 6.45) is 3.43. The molecule has 0 saturated carbocycles. The maximum atomic E-state index is 13.0. The Balaban J connectivity index is 1.39. The molecule has 2 aliphatic rings. The second kappa shape index (κ2) is 9.17. The minimum Gasteiger partial charge on any atom is -0.338 e. The van der Waals surface area contributed by atoms with Gasteiger partial charge in [0.15, 0.2) is 0 Å². The standard InChI is InChI=1S/C20H29FN4O2/c1-23-10-2-3-16(13-23)8-9-22-20(27)25-12-11-24(19(26)15-25)14-17-4-6-18(21)7-5-17/h4-7,16H,2-3,8-15H2,1H3,(H,22,27)/t16-/m0/s1. The van der Waals surface area contributed by atoms with Gasteiger partial charge in [0.25, 0.3) is 0 Å². The number of urea groups is 1. The van der Waals surface area contributed by atoms with E-state index in [0.29, 0.717) is 32.1 Å². The summed E-state index contributed by atoms with van der Waals surface area (Å²) in [7, 11) is 2.14. The minimum atomic E-state index is -0.286. The number of nitrogens with one attached hydrogen (secondary N) is 1. The van der Waals surface area contributed by atoms with E-state index < -0.39 is 0 Å². The van der Waals surface area contributed by atoms with Gasteiger partial charge in [-0.25, -0.2) is 9.18 Å². The smallest absolute Gasteiger partial charge is 0.317 e. The molecular weight excluding hydrogens is 347 g/mol. The highest BCUT2D eigenvalue weighted by Gasteiger charge is 2.27. The lowest BCUT2D eigenvalue weighted by molar-refractivity contribution is -0.135. The van der Waals surface area contributed by atoms with Gasteiger partial charge in [-0.1, -0.05) is 12.1 Å². The summed E-state index contributed by atoms with van der Waals surface area (Å²) in [5.41, 5.74) is 0.889. The predicted molar refractivity (Wildman–Crippen MR) is 102 cm³/mol. The van der Waals surface area contributed by atoms with Gasteiger partial charge >= 0.3 is 6.03 Å². The number of nitrogens with zero attached hydrogens (tertiary/aromatic N) is 3. The normalized spacial score (nSPS) is 21.4. The summed E-state index contributed by atoms with van der Waals surface area (Å²) in [4.78, 5) is 30.3. The molecule has 2 fully saturated rings. The second-order valence-electron chi connectivity index (χ2n) is 7.65. The zero-order valence-electron chi connectivity index (χ0n) is 16.0. The number of likely N-dealkylation sites (tertiary alicyclic amines) is 1. The van der Waals surface area contributed by atoms with Crippen molar-refractivity contribution in [2.45, 2.75) is 25.8 Å². The molecule has 1 N–H and O–H groups in total. The van der Waals surface area contributed by atoms with Crippen LogP contribution < -0.4 is 5.32 Å². The van der Waals surface area contributed by atoms with Crippen molar-refractivity contribution in [2.24, 2.45) is 5.92 Å². The average molecular weight is 376 g/mol. The first-order valence-corrected chi connectivity index (χ1v) is 9.75. The fourth-order valence-corrected chi connectivity index (χ4v) is 3.86. The molecule has 1 atom stereocenters. The number of carbonyl (C=O) groups is 2. The van der Waals surface area contributed by atoms with Gasteiger partial charge in [-0.2, -0.15) is 0 Å². The Morgan fingerprint density at radius 1 is 1.22 bits per heavy atom. The summed E-state index contributed by atoms with van der Waals surface area (Å²) in [6, 6.07) is 6.00. The van der Waals surface area contributed by atoms with Gasteiger partial charge in [0, 0.05) is 32.7 Å². The van der Waals surface area contributed by atoms with E-state index in [1.807, 2.05) is 0 Å². The van der Waals surface area contributed by atoms with E-state index in [2.05, 4.69) is 17.3 Å². The lowest BCUT2D eigenvalue weighted by Gasteiger charge is -2.34. The lowest BCUT2D eigenvalue weighted by Crippen LogP contribution is -2.54. The molecule has 2 heterocycles. The van der Waals surface area contributed by atoms with Crippen molar-refractivity contribution in [3.05, 3.63) is 35.6 Å². The lowest BCUT2D eigenvalue weighted by atomic mass is 9.95. The van der Waals surface area contributed by atoms with Gasteiger partial charge in [0.1, 0.15) is 12.4 Å². The number of benzene rings is 1. The number of amides is 3. The van der Waals surface area contributed by atoms with Crippen LogP contribution in [0.5, 0.6) is 0 Å². The van der Waals surface area contributed by atoms with Gasteiger partial charge in [-0.15, -0.1) is 0 Å². The molecule has 0 aliphatic carbocycles. The van der Waals surface area contributed by atoms with Gasteiger partial charge in [0.05, 0.1) is 0 Å². The highest BCUT2D eigenvalue weighted by molar-refractivity contribution is 5.85. The third-order valence-corrected chi connectivity index (χ3v) is 5.44. The van der Waals surface area contributed by atoms with Crippen LogP contribution in [0.2, 0.25) is 0 Å². The molecule has 0 bridgehead atoms. The highest BCUT2D eigenvalue weighted by atomic mass is 19.1. The Morgan fingerprint density at radius 2 is 2.00 bits per heavy atom. The van der Waals surface area contributed by atoms with Crippen molar-refractivity contribution < 1.29 is 14.0 Å². The number of piperidine rings is 1. The molecule has 3 rings (SSSR count). The Kier molecular flexibility index (Phi) is 6.66. The van der Waals surface area contributed by atoms with Crippen LogP contribution in [0.1, 0.15) is 24.8 Å². The van der Waals surface area contributed by atoms with Crippen molar-refractivity contribution in [1.29, 1.82) is 0 Å². The average Bonchev–Trinajstić information content (AvgIpc) is 2.65. The number of rotatable bonds is 5. The van der Waals surface area contributed by atoms with E-state index in [1.165, 1.54) is 25.0 Å². The molecule has 0 unspecified atom stereocenters. The molecule has 27 heavy (non-hydrogen) atoms. The number of hydrogen-bond acceptors (Lipinski definition) is 3. The number of hydrogen-bond donors (Lipinski definition) is 1. The maximum Gasteiger partial charge on any atom is 0.317 e. The van der Waals surface area contributed by atoms with Gasteiger partial charge in [0.2, 0.25) is 5.91 Å². The monoisotopic (exact) mass is 376 g/mol. The van der Waals surface area contributed by atoms with E-state index in [9.17, 15) is 14.0 Å². The fourth-order valence-electron chi connectivity index (χ4n) is 3.86. The molecule has 2 aliphatic heterocycles. The molecule has 2 saturated heterocycles. The molecule has 3 amide bonds. The van der Waals surface area contributed by atoms with Gasteiger partial charge in [-0.3, -0.25) is 4.79 Å². The van der Waals surface area contributed by atoms with E-state index >= 15 is 0 Å². The molecule has 7 heteroatoms. The summed E-state index contributed by atoms with van der Waals surface area (Å²) in [5, 5.41) is 2.96. The third-order valence-electron chi connectivity index (χ3n) is 5.44. The van der Waals surface area contributed by atoms with Gasteiger partial charge in [-0.05, 0) is 56.5 Å². The van der Waals surface area contributed by atoms with Crippen LogP contribution in [0.15, 0.2) is 24.3 Å². The van der Waals surface area contributed by atoms with Crippen LogP contribution in [0.4, 0.5) is 9.18 Å². The predicted octanol–water partition coefficient (Wildman–Crippen LogP) is 1.91. The van der Waals surface area contributed by atoms with Crippen LogP contribution >= 0.6 is 0 Å². The second-order valence-corrected chi connectivity index (χ2v) is 7.65. The van der Waals surface area contributed by atoms with Crippen molar-refractivity contribution in [1.82, 2.24) is 20.0 Å². The Hall–Kier alpha value is -2.15. The maximum absolute atomic E-state index is 13.0. The summed E-state index contributed by atoms with van der Waals surface area (Å²) in [6.45, 7) is 4.47. The third kappa shape index (κ3) is 5.66. The Labute approximate surface area is 160 Å². The minimum absolute atomic E-state index is 0.0744. The van der Waals surface area contributed by atoms with Gasteiger partial charge < -0.3 is 20.0 Å². The first-order valence-electron chi connectivity index (χ1n) is 9.75. The largest absolute Gasteiger partial charge is 0.338 e. The Morgan fingerprint density at radius 3 is 2.70 bits per heavy atom. The van der Waals surface area contributed by atoms with Crippen LogP contribution in [-0.2, 0) is 11.3 Å². The van der Waals surface area contributed by atoms with Crippen molar-refractivity contribution in [3.63, 3.8) is 0 Å². The highest BCUT2D eigenvalue weighted by Crippen LogP contribution is 2.17. The molecule has 0 aromatic heterocycles. The van der Waals surface area contributed by atoms with E-state index in [0.717, 1.165) is 25.1 Å². The number of halogens is 1. The SMILES string of the molecule is CN1CCC[C@@H](CCNC(=O)N2CCN(Cc3ccc(F)cc3)C(=O)C2)C1. The molecule has 148 valence electrons. The van der Waals surface area contributed by atoms with E-state index in [4.69, 9.17) is 0 Å². The topological polar surface area (TPSA) is 55.9 Å². The van der Waals surface area contributed by atoms with Crippen LogP contribution in [0.25, 0.3) is 0 Å². The molecular formula is C20H29FN4O2. The summed E-state index contributed by atoms with van der Waals surface area (Å²) >= 11 is 0. The zero-order chi connectivity index (χ0) is 19.2. The summed E-state index contributed by atoms with van der Waals surface area (Å²) < 4.78 is 13.0. The van der Waals surface area contributed by atoms with Crippen molar-refractivity contribution >= 4 is 11.9 Å². The quantitative estimate of drug-likeness (QED) is 0.854. The molecule has 1 aromatic rings.